The number of hydrogen-bond acceptors (Lipinski definition) is 5. The number of halogens is 1. The number of likely N-dealkylation sites (tertiary alicyclic amines) is 1. The van der Waals surface area contributed by atoms with Crippen LogP contribution in [0.25, 0.3) is 11.4 Å². The predicted molar refractivity (Wildman–Crippen MR) is 144 cm³/mol. The molecular weight excluding hydrogens is 492 g/mol. The van der Waals surface area contributed by atoms with E-state index in [1.165, 1.54) is 0 Å². The quantitative estimate of drug-likeness (QED) is 0.553. The molecule has 1 N–H and O–H groups in total. The lowest BCUT2D eigenvalue weighted by atomic mass is 9.89. The molecule has 2 unspecified atom stereocenters. The normalized spacial score (nSPS) is 19.9. The van der Waals surface area contributed by atoms with Crippen molar-refractivity contribution in [3.8, 4) is 11.4 Å². The number of nitrogens with zero attached hydrogens (tertiary/aromatic N) is 3. The Morgan fingerprint density at radius 1 is 1.19 bits per heavy atom. The molecule has 3 heterocycles. The monoisotopic (exact) mass is 528 g/mol. The molecule has 37 heavy (non-hydrogen) atoms. The van der Waals surface area contributed by atoms with E-state index in [0.29, 0.717) is 35.9 Å². The number of benzene rings is 1. The lowest BCUT2D eigenvalue weighted by Gasteiger charge is -2.40. The predicted octanol–water partition coefficient (Wildman–Crippen LogP) is 5.50. The van der Waals surface area contributed by atoms with Gasteiger partial charge in [-0.1, -0.05) is 31.4 Å². The van der Waals surface area contributed by atoms with Gasteiger partial charge in [-0.2, -0.15) is 0 Å². The number of H-pyrrole nitrogens is 1. The van der Waals surface area contributed by atoms with E-state index >= 15 is 0 Å². The van der Waals surface area contributed by atoms with Gasteiger partial charge < -0.3 is 14.6 Å². The Bertz CT molecular complexity index is 1190. The molecule has 0 radical (unpaired) electrons. The number of carbonyl (C=O) groups excluding carboxylic acids is 2. The summed E-state index contributed by atoms with van der Waals surface area (Å²) in [6.07, 6.45) is 4.62. The van der Waals surface area contributed by atoms with E-state index in [2.05, 4.69) is 11.9 Å². The Kier molecular flexibility index (Phi) is 8.26. The fourth-order valence-corrected chi connectivity index (χ4v) is 5.27. The molecule has 0 aliphatic carbocycles. The number of aromatic amines is 1. The van der Waals surface area contributed by atoms with Gasteiger partial charge in [0, 0.05) is 29.6 Å². The number of nitrogens with one attached hydrogen (secondary N) is 1. The number of carbonyl (C=O) groups is 2. The van der Waals surface area contributed by atoms with Crippen LogP contribution in [0.3, 0.4) is 0 Å². The molecule has 1 aromatic heterocycles. The molecule has 0 bridgehead atoms. The van der Waals surface area contributed by atoms with Crippen molar-refractivity contribution >= 4 is 23.6 Å². The molecule has 1 fully saturated rings. The van der Waals surface area contributed by atoms with E-state index in [0.717, 1.165) is 43.4 Å². The maximum atomic E-state index is 13.8. The summed E-state index contributed by atoms with van der Waals surface area (Å²) in [7, 11) is 0. The first-order valence-electron chi connectivity index (χ1n) is 13.2. The number of amides is 2. The third kappa shape index (κ3) is 6.35. The standard InChI is InChI=1S/C28H37ClN4O4/c1-5-6-9-19-16-32(26(35)22-10-7-8-15-33(22)27(36)37-28(2,3)4)17-21-23(19)30-24(31-25(21)34)18-11-13-20(29)14-12-18/h11-14,19,22H,5-10,15-17H2,1-4H3,(H,30,31,34). The maximum Gasteiger partial charge on any atom is 0.410 e. The maximum absolute atomic E-state index is 13.8. The summed E-state index contributed by atoms with van der Waals surface area (Å²) in [6.45, 7) is 8.73. The average Bonchev–Trinajstić information content (AvgIpc) is 2.86. The van der Waals surface area contributed by atoms with E-state index in [4.69, 9.17) is 21.3 Å². The number of fused-ring (bicyclic) bond motifs is 1. The van der Waals surface area contributed by atoms with Crippen LogP contribution in [0, 0.1) is 0 Å². The zero-order valence-corrected chi connectivity index (χ0v) is 22.9. The highest BCUT2D eigenvalue weighted by Gasteiger charge is 2.40. The van der Waals surface area contributed by atoms with Crippen LogP contribution in [-0.2, 0) is 16.1 Å². The molecule has 2 amide bonds. The molecule has 0 spiro atoms. The average molecular weight is 529 g/mol. The van der Waals surface area contributed by atoms with Gasteiger partial charge in [0.25, 0.3) is 5.56 Å². The van der Waals surface area contributed by atoms with Crippen molar-refractivity contribution in [2.75, 3.05) is 13.1 Å². The molecule has 2 aliphatic rings. The van der Waals surface area contributed by atoms with E-state index < -0.39 is 17.7 Å². The lowest BCUT2D eigenvalue weighted by Crippen LogP contribution is -2.55. The second kappa shape index (κ2) is 11.3. The molecular formula is C28H37ClN4O4. The van der Waals surface area contributed by atoms with Crippen LogP contribution in [-0.4, -0.2) is 56.5 Å². The Balaban J connectivity index is 1.63. The van der Waals surface area contributed by atoms with Crippen molar-refractivity contribution in [1.82, 2.24) is 19.8 Å². The Morgan fingerprint density at radius 2 is 1.92 bits per heavy atom. The summed E-state index contributed by atoms with van der Waals surface area (Å²) in [5.74, 6) is 0.323. The molecule has 4 rings (SSSR count). The van der Waals surface area contributed by atoms with Crippen molar-refractivity contribution in [3.63, 3.8) is 0 Å². The van der Waals surface area contributed by atoms with Crippen molar-refractivity contribution in [3.05, 3.63) is 50.9 Å². The van der Waals surface area contributed by atoms with Crippen molar-refractivity contribution in [2.45, 2.75) is 90.3 Å². The van der Waals surface area contributed by atoms with Crippen molar-refractivity contribution in [1.29, 1.82) is 0 Å². The molecule has 1 saturated heterocycles. The summed E-state index contributed by atoms with van der Waals surface area (Å²) in [4.78, 5) is 51.1. The summed E-state index contributed by atoms with van der Waals surface area (Å²) in [6, 6.07) is 6.62. The summed E-state index contributed by atoms with van der Waals surface area (Å²) < 4.78 is 5.60. The number of aromatic nitrogens is 2. The molecule has 2 atom stereocenters. The largest absolute Gasteiger partial charge is 0.444 e. The van der Waals surface area contributed by atoms with E-state index in [1.807, 2.05) is 32.9 Å². The molecule has 2 aliphatic heterocycles. The highest BCUT2D eigenvalue weighted by molar-refractivity contribution is 6.30. The highest BCUT2D eigenvalue weighted by Crippen LogP contribution is 2.32. The van der Waals surface area contributed by atoms with Gasteiger partial charge in [-0.25, -0.2) is 9.78 Å². The van der Waals surface area contributed by atoms with Gasteiger partial charge in [-0.3, -0.25) is 14.5 Å². The summed E-state index contributed by atoms with van der Waals surface area (Å²) >= 11 is 6.03. The van der Waals surface area contributed by atoms with Gasteiger partial charge in [0.05, 0.1) is 17.8 Å². The third-order valence-corrected chi connectivity index (χ3v) is 7.23. The first-order valence-corrected chi connectivity index (χ1v) is 13.6. The molecule has 2 aromatic rings. The van der Waals surface area contributed by atoms with Crippen LogP contribution in [0.2, 0.25) is 5.02 Å². The minimum Gasteiger partial charge on any atom is -0.444 e. The second-order valence-corrected chi connectivity index (χ2v) is 11.5. The lowest BCUT2D eigenvalue weighted by molar-refractivity contribution is -0.139. The first-order chi connectivity index (χ1) is 17.6. The van der Waals surface area contributed by atoms with E-state index in [-0.39, 0.29) is 23.9 Å². The molecule has 0 saturated carbocycles. The summed E-state index contributed by atoms with van der Waals surface area (Å²) in [5.41, 5.74) is 1.20. The Labute approximate surface area is 223 Å². The van der Waals surface area contributed by atoms with Crippen molar-refractivity contribution in [2.24, 2.45) is 0 Å². The van der Waals surface area contributed by atoms with Crippen LogP contribution >= 0.6 is 11.6 Å². The molecule has 200 valence electrons. The van der Waals surface area contributed by atoms with Gasteiger partial charge in [0.15, 0.2) is 0 Å². The summed E-state index contributed by atoms with van der Waals surface area (Å²) in [5, 5.41) is 0.613. The van der Waals surface area contributed by atoms with E-state index in [1.54, 1.807) is 21.9 Å². The zero-order chi connectivity index (χ0) is 26.7. The van der Waals surface area contributed by atoms with Gasteiger partial charge in [-0.15, -0.1) is 0 Å². The van der Waals surface area contributed by atoms with Gasteiger partial charge in [-0.05, 0) is 70.7 Å². The third-order valence-electron chi connectivity index (χ3n) is 6.98. The molecule has 1 aromatic carbocycles. The molecule has 8 nitrogen and oxygen atoms in total. The number of rotatable bonds is 5. The van der Waals surface area contributed by atoms with Gasteiger partial charge >= 0.3 is 6.09 Å². The van der Waals surface area contributed by atoms with Crippen LogP contribution in [0.4, 0.5) is 4.79 Å². The fourth-order valence-electron chi connectivity index (χ4n) is 5.14. The highest BCUT2D eigenvalue weighted by atomic mass is 35.5. The van der Waals surface area contributed by atoms with Crippen LogP contribution in [0.1, 0.15) is 83.4 Å². The van der Waals surface area contributed by atoms with Crippen LogP contribution in [0.15, 0.2) is 29.1 Å². The fraction of sp³-hybridized carbons (Fsp3) is 0.571. The Morgan fingerprint density at radius 3 is 2.59 bits per heavy atom. The minimum absolute atomic E-state index is 0.0560. The number of ether oxygens (including phenoxy) is 1. The Hall–Kier alpha value is -2.87. The smallest absolute Gasteiger partial charge is 0.410 e. The van der Waals surface area contributed by atoms with E-state index in [9.17, 15) is 14.4 Å². The first kappa shape index (κ1) is 27.2. The van der Waals surface area contributed by atoms with Gasteiger partial charge in [0.2, 0.25) is 5.91 Å². The van der Waals surface area contributed by atoms with Crippen LogP contribution in [0.5, 0.6) is 0 Å². The minimum atomic E-state index is -0.641. The topological polar surface area (TPSA) is 95.6 Å². The van der Waals surface area contributed by atoms with Gasteiger partial charge in [0.1, 0.15) is 17.5 Å². The number of hydrogen-bond donors (Lipinski definition) is 1. The number of piperidine rings is 1. The van der Waals surface area contributed by atoms with Crippen molar-refractivity contribution < 1.29 is 14.3 Å². The second-order valence-electron chi connectivity index (χ2n) is 11.0. The van der Waals surface area contributed by atoms with Crippen LogP contribution < -0.4 is 5.56 Å². The SMILES string of the molecule is CCCCC1CN(C(=O)C2CCCCN2C(=O)OC(C)(C)C)Cc2c1nc(-c1ccc(Cl)cc1)[nH]c2=O. The zero-order valence-electron chi connectivity index (χ0n) is 22.2. The molecule has 9 heteroatoms. The number of unbranched alkanes of at least 4 members (excludes halogenated alkanes) is 1.